The quantitative estimate of drug-likeness (QED) is 0.349. The Morgan fingerprint density at radius 1 is 1.24 bits per heavy atom. The van der Waals surface area contributed by atoms with Gasteiger partial charge in [0, 0.05) is 17.7 Å². The molecule has 1 aromatic rings. The molecule has 90 valence electrons. The molecule has 0 heterocycles. The first-order valence-corrected chi connectivity index (χ1v) is 4.98. The molecule has 0 aliphatic carbocycles. The van der Waals surface area contributed by atoms with Gasteiger partial charge in [0.2, 0.25) is 0 Å². The summed E-state index contributed by atoms with van der Waals surface area (Å²) >= 11 is 0. The normalized spacial score (nSPS) is 11.7. The second-order valence-electron chi connectivity index (χ2n) is 3.55. The van der Waals surface area contributed by atoms with E-state index in [0.29, 0.717) is 5.57 Å². The Morgan fingerprint density at radius 2 is 1.76 bits per heavy atom. The molecule has 0 fully saturated rings. The monoisotopic (exact) mass is 235 g/mol. The van der Waals surface area contributed by atoms with Crippen LogP contribution >= 0.6 is 0 Å². The molecule has 5 heteroatoms. The molecule has 1 rings (SSSR count). The van der Waals surface area contributed by atoms with E-state index in [1.165, 1.54) is 19.2 Å². The van der Waals surface area contributed by atoms with E-state index in [1.807, 2.05) is 0 Å². The van der Waals surface area contributed by atoms with Crippen molar-refractivity contribution in [2.75, 3.05) is 7.11 Å². The summed E-state index contributed by atoms with van der Waals surface area (Å²) in [6.07, 6.45) is 0. The van der Waals surface area contributed by atoms with E-state index in [9.17, 15) is 14.9 Å². The van der Waals surface area contributed by atoms with Gasteiger partial charge < -0.3 is 4.74 Å². The Labute approximate surface area is 98.9 Å². The van der Waals surface area contributed by atoms with Crippen molar-refractivity contribution in [2.45, 2.75) is 13.8 Å². The summed E-state index contributed by atoms with van der Waals surface area (Å²) in [7, 11) is 1.31. The molecule has 5 nitrogen and oxygen atoms in total. The first-order valence-electron chi connectivity index (χ1n) is 4.98. The lowest BCUT2D eigenvalue weighted by Gasteiger charge is -2.06. The third-order valence-corrected chi connectivity index (χ3v) is 2.57. The Morgan fingerprint density at radius 3 is 2.18 bits per heavy atom. The molecule has 0 atom stereocenters. The molecule has 0 N–H and O–H groups in total. The van der Waals surface area contributed by atoms with Crippen molar-refractivity contribution in [3.05, 3.63) is 45.5 Å². The van der Waals surface area contributed by atoms with Crippen LogP contribution in [0.2, 0.25) is 0 Å². The Kier molecular flexibility index (Phi) is 3.98. The highest BCUT2D eigenvalue weighted by Gasteiger charge is 2.10. The van der Waals surface area contributed by atoms with E-state index < -0.39 is 10.9 Å². The van der Waals surface area contributed by atoms with Crippen LogP contribution in [-0.4, -0.2) is 18.0 Å². The fourth-order valence-corrected chi connectivity index (χ4v) is 1.36. The number of carbonyl (C=O) groups is 1. The third-order valence-electron chi connectivity index (χ3n) is 2.57. The van der Waals surface area contributed by atoms with Gasteiger partial charge in [-0.05, 0) is 37.1 Å². The molecule has 1 aromatic carbocycles. The predicted octanol–water partition coefficient (Wildman–Crippen LogP) is 2.56. The van der Waals surface area contributed by atoms with Gasteiger partial charge >= 0.3 is 5.97 Å². The van der Waals surface area contributed by atoms with Crippen LogP contribution < -0.4 is 0 Å². The number of benzene rings is 1. The van der Waals surface area contributed by atoms with Crippen molar-refractivity contribution in [3.63, 3.8) is 0 Å². The number of carbonyl (C=O) groups excluding carboxylic acids is 1. The van der Waals surface area contributed by atoms with Crippen molar-refractivity contribution in [1.82, 2.24) is 0 Å². The maximum Gasteiger partial charge on any atom is 0.333 e. The van der Waals surface area contributed by atoms with Gasteiger partial charge in [-0.15, -0.1) is 0 Å². The first-order chi connectivity index (χ1) is 7.97. The number of non-ortho nitro benzene ring substituents is 1. The summed E-state index contributed by atoms with van der Waals surface area (Å²) in [5, 5.41) is 10.5. The molecule has 0 spiro atoms. The zero-order valence-corrected chi connectivity index (χ0v) is 9.89. The fraction of sp³-hybridized carbons (Fsp3) is 0.250. The lowest BCUT2D eigenvalue weighted by atomic mass is 10.0. The summed E-state index contributed by atoms with van der Waals surface area (Å²) in [5.41, 5.74) is 2.02. The molecular weight excluding hydrogens is 222 g/mol. The highest BCUT2D eigenvalue weighted by molar-refractivity contribution is 5.96. The van der Waals surface area contributed by atoms with Crippen LogP contribution in [0.15, 0.2) is 29.8 Å². The third kappa shape index (κ3) is 2.90. The number of nitro groups is 1. The summed E-state index contributed by atoms with van der Waals surface area (Å²) in [6, 6.07) is 6.03. The van der Waals surface area contributed by atoms with E-state index in [4.69, 9.17) is 0 Å². The lowest BCUT2D eigenvalue weighted by molar-refractivity contribution is -0.384. The number of rotatable bonds is 3. The molecule has 0 amide bonds. The fourth-order valence-electron chi connectivity index (χ4n) is 1.36. The minimum Gasteiger partial charge on any atom is -0.466 e. The van der Waals surface area contributed by atoms with Gasteiger partial charge in [-0.3, -0.25) is 10.1 Å². The summed E-state index contributed by atoms with van der Waals surface area (Å²) in [4.78, 5) is 21.3. The van der Waals surface area contributed by atoms with Crippen LogP contribution in [0.3, 0.4) is 0 Å². The Bertz CT molecular complexity index is 474. The standard InChI is InChI=1S/C12H13NO4/c1-8(9(2)12(14)17-3)10-4-6-11(7-5-10)13(15)16/h4-7H,1-3H3/b9-8+. The lowest BCUT2D eigenvalue weighted by Crippen LogP contribution is -2.03. The van der Waals surface area contributed by atoms with Gasteiger partial charge in [0.1, 0.15) is 0 Å². The van der Waals surface area contributed by atoms with Gasteiger partial charge in [0.05, 0.1) is 12.0 Å². The van der Waals surface area contributed by atoms with Crippen molar-refractivity contribution in [2.24, 2.45) is 0 Å². The van der Waals surface area contributed by atoms with Crippen molar-refractivity contribution in [3.8, 4) is 0 Å². The number of esters is 1. The highest BCUT2D eigenvalue weighted by atomic mass is 16.6. The summed E-state index contributed by atoms with van der Waals surface area (Å²) in [5.74, 6) is -0.402. The number of allylic oxidation sites excluding steroid dienone is 1. The zero-order chi connectivity index (χ0) is 13.0. The molecular formula is C12H13NO4. The van der Waals surface area contributed by atoms with Gasteiger partial charge in [-0.2, -0.15) is 0 Å². The van der Waals surface area contributed by atoms with Crippen molar-refractivity contribution in [1.29, 1.82) is 0 Å². The second kappa shape index (κ2) is 5.25. The maximum absolute atomic E-state index is 11.3. The minimum absolute atomic E-state index is 0.0253. The molecule has 0 unspecified atom stereocenters. The van der Waals surface area contributed by atoms with Crippen molar-refractivity contribution >= 4 is 17.2 Å². The van der Waals surface area contributed by atoms with Crippen LogP contribution in [0.1, 0.15) is 19.4 Å². The van der Waals surface area contributed by atoms with E-state index >= 15 is 0 Å². The van der Waals surface area contributed by atoms with Crippen molar-refractivity contribution < 1.29 is 14.5 Å². The number of nitrogens with zero attached hydrogens (tertiary/aromatic N) is 1. The van der Waals surface area contributed by atoms with Gasteiger partial charge in [-0.1, -0.05) is 0 Å². The van der Waals surface area contributed by atoms with E-state index in [1.54, 1.807) is 26.0 Å². The molecule has 0 aromatic heterocycles. The van der Waals surface area contributed by atoms with Crippen LogP contribution in [0.4, 0.5) is 5.69 Å². The summed E-state index contributed by atoms with van der Waals surface area (Å²) in [6.45, 7) is 3.43. The molecule has 17 heavy (non-hydrogen) atoms. The Hall–Kier alpha value is -2.17. The number of nitro benzene ring substituents is 1. The molecule has 0 saturated carbocycles. The average Bonchev–Trinajstić information content (AvgIpc) is 2.36. The topological polar surface area (TPSA) is 69.4 Å². The largest absolute Gasteiger partial charge is 0.466 e. The first kappa shape index (κ1) is 12.9. The number of ether oxygens (including phenoxy) is 1. The SMILES string of the molecule is COC(=O)/C(C)=C(\C)c1ccc([N+](=O)[O-])cc1. The predicted molar refractivity (Wildman–Crippen MR) is 63.4 cm³/mol. The van der Waals surface area contributed by atoms with Crippen LogP contribution in [-0.2, 0) is 9.53 Å². The van der Waals surface area contributed by atoms with Crippen LogP contribution in [0.5, 0.6) is 0 Å². The number of hydrogen-bond donors (Lipinski definition) is 0. The molecule has 0 bridgehead atoms. The van der Waals surface area contributed by atoms with Crippen LogP contribution in [0.25, 0.3) is 5.57 Å². The molecule has 0 aliphatic rings. The van der Waals surface area contributed by atoms with Gasteiger partial charge in [0.15, 0.2) is 0 Å². The van der Waals surface area contributed by atoms with E-state index in [-0.39, 0.29) is 5.69 Å². The van der Waals surface area contributed by atoms with Crippen LogP contribution in [0, 0.1) is 10.1 Å². The molecule has 0 saturated heterocycles. The highest BCUT2D eigenvalue weighted by Crippen LogP contribution is 2.21. The minimum atomic E-state index is -0.462. The average molecular weight is 235 g/mol. The van der Waals surface area contributed by atoms with Gasteiger partial charge in [-0.25, -0.2) is 4.79 Å². The van der Waals surface area contributed by atoms with Gasteiger partial charge in [0.25, 0.3) is 5.69 Å². The van der Waals surface area contributed by atoms with E-state index in [2.05, 4.69) is 4.74 Å². The molecule has 0 radical (unpaired) electrons. The number of hydrogen-bond acceptors (Lipinski definition) is 4. The number of methoxy groups -OCH3 is 1. The Balaban J connectivity index is 3.09. The maximum atomic E-state index is 11.3. The molecule has 0 aliphatic heterocycles. The zero-order valence-electron chi connectivity index (χ0n) is 9.89. The summed E-state index contributed by atoms with van der Waals surface area (Å²) < 4.78 is 4.61. The smallest absolute Gasteiger partial charge is 0.333 e. The van der Waals surface area contributed by atoms with E-state index in [0.717, 1.165) is 11.1 Å². The second-order valence-corrected chi connectivity index (χ2v) is 3.55.